The smallest absolute Gasteiger partial charge is 0.138 e. The van der Waals surface area contributed by atoms with Crippen LogP contribution in [0.15, 0.2) is 47.5 Å². The maximum atomic E-state index is 6.36. The van der Waals surface area contributed by atoms with Crippen molar-refractivity contribution in [1.82, 2.24) is 9.88 Å². The van der Waals surface area contributed by atoms with Gasteiger partial charge in [0.15, 0.2) is 0 Å². The fraction of sp³-hybridized carbons (Fsp3) is 0.263. The molecule has 0 amide bonds. The lowest BCUT2D eigenvalue weighted by Crippen LogP contribution is -2.13. The minimum atomic E-state index is 0.505. The first-order valence-corrected chi connectivity index (χ1v) is 8.15. The summed E-state index contributed by atoms with van der Waals surface area (Å²) < 4.78 is 0. The van der Waals surface area contributed by atoms with Gasteiger partial charge in [0.2, 0.25) is 0 Å². The van der Waals surface area contributed by atoms with Gasteiger partial charge in [-0.15, -0.1) is 0 Å². The standard InChI is InChI=1S/C19H20ClN3/c1-23(2)11-5-10-21-13-16-12-15-9-8-14-6-3-4-7-17(14)18(15)22-19(16)20/h3-4,6-9,12-13H,5,10-11H2,1-2H3. The van der Waals surface area contributed by atoms with Crippen LogP contribution in [0, 0.1) is 0 Å². The highest BCUT2D eigenvalue weighted by atomic mass is 35.5. The number of aromatic nitrogens is 1. The quantitative estimate of drug-likeness (QED) is 0.301. The van der Waals surface area contributed by atoms with Gasteiger partial charge in [-0.05, 0) is 38.5 Å². The van der Waals surface area contributed by atoms with Gasteiger partial charge in [-0.3, -0.25) is 4.99 Å². The van der Waals surface area contributed by atoms with Gasteiger partial charge in [0.25, 0.3) is 0 Å². The van der Waals surface area contributed by atoms with Crippen molar-refractivity contribution in [2.24, 2.45) is 4.99 Å². The molecule has 3 aromatic rings. The third kappa shape index (κ3) is 3.69. The summed E-state index contributed by atoms with van der Waals surface area (Å²) >= 11 is 6.36. The van der Waals surface area contributed by atoms with Crippen molar-refractivity contribution < 1.29 is 0 Å². The van der Waals surface area contributed by atoms with Gasteiger partial charge in [0, 0.05) is 29.1 Å². The Kier molecular flexibility index (Phi) is 4.89. The van der Waals surface area contributed by atoms with E-state index in [9.17, 15) is 0 Å². The van der Waals surface area contributed by atoms with Gasteiger partial charge in [-0.25, -0.2) is 4.98 Å². The molecule has 0 saturated heterocycles. The highest BCUT2D eigenvalue weighted by Gasteiger charge is 2.06. The van der Waals surface area contributed by atoms with Gasteiger partial charge in [0.05, 0.1) is 5.52 Å². The normalized spacial score (nSPS) is 12.0. The second-order valence-electron chi connectivity index (χ2n) is 5.92. The molecule has 118 valence electrons. The van der Waals surface area contributed by atoms with E-state index in [1.54, 1.807) is 0 Å². The van der Waals surface area contributed by atoms with E-state index in [-0.39, 0.29) is 0 Å². The van der Waals surface area contributed by atoms with Crippen LogP contribution >= 0.6 is 11.6 Å². The number of hydrogen-bond donors (Lipinski definition) is 0. The van der Waals surface area contributed by atoms with Crippen LogP contribution in [-0.4, -0.2) is 43.3 Å². The molecular weight excluding hydrogens is 306 g/mol. The van der Waals surface area contributed by atoms with Crippen LogP contribution in [0.2, 0.25) is 5.15 Å². The first-order valence-electron chi connectivity index (χ1n) is 7.78. The molecule has 2 aromatic carbocycles. The number of nitrogens with zero attached hydrogens (tertiary/aromatic N) is 3. The van der Waals surface area contributed by atoms with Crippen molar-refractivity contribution in [3.8, 4) is 0 Å². The second-order valence-corrected chi connectivity index (χ2v) is 6.28. The van der Waals surface area contributed by atoms with Gasteiger partial charge in [-0.2, -0.15) is 0 Å². The van der Waals surface area contributed by atoms with E-state index >= 15 is 0 Å². The lowest BCUT2D eigenvalue weighted by atomic mass is 10.1. The van der Waals surface area contributed by atoms with Crippen molar-refractivity contribution in [3.05, 3.63) is 53.2 Å². The number of hydrogen-bond acceptors (Lipinski definition) is 3. The molecule has 0 aliphatic rings. The summed E-state index contributed by atoms with van der Waals surface area (Å²) in [5, 5.41) is 3.89. The minimum Gasteiger partial charge on any atom is -0.309 e. The first-order chi connectivity index (χ1) is 11.1. The molecule has 3 rings (SSSR count). The van der Waals surface area contributed by atoms with Crippen molar-refractivity contribution >= 4 is 39.5 Å². The van der Waals surface area contributed by atoms with Crippen LogP contribution < -0.4 is 0 Å². The Hall–Kier alpha value is -1.97. The van der Waals surface area contributed by atoms with Crippen LogP contribution in [0.5, 0.6) is 0 Å². The van der Waals surface area contributed by atoms with E-state index in [1.165, 1.54) is 5.39 Å². The predicted molar refractivity (Wildman–Crippen MR) is 99.9 cm³/mol. The average Bonchev–Trinajstić information content (AvgIpc) is 2.54. The van der Waals surface area contributed by atoms with Crippen molar-refractivity contribution in [2.45, 2.75) is 6.42 Å². The number of aliphatic imine (C=N–C) groups is 1. The second kappa shape index (κ2) is 7.07. The topological polar surface area (TPSA) is 28.5 Å². The largest absolute Gasteiger partial charge is 0.309 e. The monoisotopic (exact) mass is 325 g/mol. The summed E-state index contributed by atoms with van der Waals surface area (Å²) in [5.74, 6) is 0. The molecule has 3 nitrogen and oxygen atoms in total. The average molecular weight is 326 g/mol. The van der Waals surface area contributed by atoms with E-state index in [0.29, 0.717) is 5.15 Å². The van der Waals surface area contributed by atoms with E-state index in [0.717, 1.165) is 41.4 Å². The summed E-state index contributed by atoms with van der Waals surface area (Å²) in [7, 11) is 4.14. The Morgan fingerprint density at radius 3 is 2.74 bits per heavy atom. The Morgan fingerprint density at radius 2 is 1.91 bits per heavy atom. The summed E-state index contributed by atoms with van der Waals surface area (Å²) in [6, 6.07) is 14.5. The molecule has 0 bridgehead atoms. The van der Waals surface area contributed by atoms with E-state index < -0.39 is 0 Å². The van der Waals surface area contributed by atoms with Crippen LogP contribution in [0.3, 0.4) is 0 Å². The molecule has 0 radical (unpaired) electrons. The maximum Gasteiger partial charge on any atom is 0.138 e. The zero-order chi connectivity index (χ0) is 16.2. The third-order valence-corrected chi connectivity index (χ3v) is 4.12. The third-order valence-electron chi connectivity index (χ3n) is 3.81. The molecule has 0 atom stereocenters. The fourth-order valence-electron chi connectivity index (χ4n) is 2.63. The molecule has 0 fully saturated rings. The molecule has 1 aromatic heterocycles. The van der Waals surface area contributed by atoms with Crippen molar-refractivity contribution in [3.63, 3.8) is 0 Å². The molecule has 4 heteroatoms. The zero-order valence-corrected chi connectivity index (χ0v) is 14.2. The van der Waals surface area contributed by atoms with E-state index in [4.69, 9.17) is 11.6 Å². The zero-order valence-electron chi connectivity index (χ0n) is 13.5. The number of fused-ring (bicyclic) bond motifs is 3. The lowest BCUT2D eigenvalue weighted by Gasteiger charge is -2.07. The lowest BCUT2D eigenvalue weighted by molar-refractivity contribution is 0.403. The van der Waals surface area contributed by atoms with Gasteiger partial charge in [0.1, 0.15) is 5.15 Å². The molecule has 0 spiro atoms. The number of halogens is 1. The Labute approximate surface area is 141 Å². The molecule has 0 unspecified atom stereocenters. The minimum absolute atomic E-state index is 0.505. The number of benzene rings is 2. The highest BCUT2D eigenvalue weighted by molar-refractivity contribution is 6.32. The van der Waals surface area contributed by atoms with Gasteiger partial charge in [-0.1, -0.05) is 48.0 Å². The number of rotatable bonds is 5. The molecule has 0 saturated carbocycles. The van der Waals surface area contributed by atoms with Crippen LogP contribution in [-0.2, 0) is 0 Å². The van der Waals surface area contributed by atoms with Crippen LogP contribution in [0.25, 0.3) is 21.7 Å². The molecule has 0 aliphatic heterocycles. The Bertz CT molecular complexity index is 856. The summed E-state index contributed by atoms with van der Waals surface area (Å²) in [5.41, 5.74) is 1.82. The van der Waals surface area contributed by atoms with E-state index in [2.05, 4.69) is 59.3 Å². The summed E-state index contributed by atoms with van der Waals surface area (Å²) in [4.78, 5) is 11.2. The van der Waals surface area contributed by atoms with Crippen LogP contribution in [0.1, 0.15) is 12.0 Å². The number of pyridine rings is 1. The highest BCUT2D eigenvalue weighted by Crippen LogP contribution is 2.26. The van der Waals surface area contributed by atoms with Crippen molar-refractivity contribution in [2.75, 3.05) is 27.2 Å². The predicted octanol–water partition coefficient (Wildman–Crippen LogP) is 4.41. The fourth-order valence-corrected chi connectivity index (χ4v) is 2.82. The summed E-state index contributed by atoms with van der Waals surface area (Å²) in [6.45, 7) is 1.83. The Balaban J connectivity index is 1.89. The van der Waals surface area contributed by atoms with Crippen LogP contribution in [0.4, 0.5) is 0 Å². The van der Waals surface area contributed by atoms with Gasteiger partial charge >= 0.3 is 0 Å². The molecule has 0 N–H and O–H groups in total. The summed E-state index contributed by atoms with van der Waals surface area (Å²) in [6.07, 6.45) is 2.87. The van der Waals surface area contributed by atoms with Crippen molar-refractivity contribution in [1.29, 1.82) is 0 Å². The molecule has 23 heavy (non-hydrogen) atoms. The molecular formula is C19H20ClN3. The first kappa shape index (κ1) is 15.9. The molecule has 1 heterocycles. The maximum absolute atomic E-state index is 6.36. The Morgan fingerprint density at radius 1 is 1.13 bits per heavy atom. The SMILES string of the molecule is CN(C)CCCN=Cc1cc2ccc3ccccc3c2nc1Cl. The van der Waals surface area contributed by atoms with E-state index in [1.807, 2.05) is 18.3 Å². The molecule has 0 aliphatic carbocycles. The van der Waals surface area contributed by atoms with Gasteiger partial charge < -0.3 is 4.90 Å².